The number of benzene rings is 1. The molecule has 0 spiro atoms. The Bertz CT molecular complexity index is 1350. The average molecular weight is 430 g/mol. The molecule has 0 bridgehead atoms. The molecule has 154 valence electrons. The monoisotopic (exact) mass is 430 g/mol. The molecule has 5 rings (SSSR count). The van der Waals surface area contributed by atoms with E-state index in [2.05, 4.69) is 35.6 Å². The molecule has 0 radical (unpaired) electrons. The predicted octanol–water partition coefficient (Wildman–Crippen LogP) is 4.47. The number of nitrogens with zero attached hydrogens (tertiary/aromatic N) is 6. The van der Waals surface area contributed by atoms with Gasteiger partial charge >= 0.3 is 0 Å². The fraction of sp³-hybridized carbons (Fsp3) is 0.0952. The Morgan fingerprint density at radius 3 is 2.77 bits per heavy atom. The van der Waals surface area contributed by atoms with Gasteiger partial charge in [0.05, 0.1) is 42.2 Å². The normalized spacial score (nSPS) is 10.9. The number of fused-ring (bicyclic) bond motifs is 1. The third kappa shape index (κ3) is 3.88. The number of hydrogen-bond acceptors (Lipinski definition) is 9. The van der Waals surface area contributed by atoms with Crippen LogP contribution in [0.3, 0.4) is 0 Å². The second-order valence-electron chi connectivity index (χ2n) is 6.70. The highest BCUT2D eigenvalue weighted by Crippen LogP contribution is 2.31. The van der Waals surface area contributed by atoms with E-state index in [1.54, 1.807) is 31.3 Å². The first-order valence-corrected chi connectivity index (χ1v) is 10.3. The van der Waals surface area contributed by atoms with Crippen LogP contribution in [0, 0.1) is 6.92 Å². The third-order valence-corrected chi connectivity index (χ3v) is 5.37. The largest absolute Gasteiger partial charge is 0.494 e. The Hall–Kier alpha value is -4.05. The smallest absolute Gasteiger partial charge is 0.231 e. The second kappa shape index (κ2) is 8.00. The Kier molecular flexibility index (Phi) is 4.89. The van der Waals surface area contributed by atoms with Gasteiger partial charge in [0.25, 0.3) is 0 Å². The molecule has 2 N–H and O–H groups in total. The van der Waals surface area contributed by atoms with Crippen LogP contribution in [0.5, 0.6) is 5.75 Å². The summed E-state index contributed by atoms with van der Waals surface area (Å²) < 4.78 is 8.38. The molecular weight excluding hydrogens is 412 g/mol. The fourth-order valence-electron chi connectivity index (χ4n) is 3.13. The summed E-state index contributed by atoms with van der Waals surface area (Å²) in [6.07, 6.45) is 7.17. The van der Waals surface area contributed by atoms with Gasteiger partial charge in [-0.15, -0.1) is 11.3 Å². The highest BCUT2D eigenvalue weighted by atomic mass is 32.1. The Balaban J connectivity index is 1.47. The van der Waals surface area contributed by atoms with Gasteiger partial charge in [-0.25, -0.2) is 9.97 Å². The number of nitrogens with one attached hydrogen (secondary N) is 2. The molecule has 31 heavy (non-hydrogen) atoms. The molecule has 4 aromatic heterocycles. The van der Waals surface area contributed by atoms with Gasteiger partial charge in [0.15, 0.2) is 11.5 Å². The Labute approximate surface area is 181 Å². The van der Waals surface area contributed by atoms with Crippen molar-refractivity contribution in [3.8, 4) is 11.4 Å². The lowest BCUT2D eigenvalue weighted by atomic mass is 10.2. The van der Waals surface area contributed by atoms with Crippen LogP contribution in [0.2, 0.25) is 0 Å². The molecule has 0 fully saturated rings. The van der Waals surface area contributed by atoms with Crippen LogP contribution in [0.25, 0.3) is 16.0 Å². The van der Waals surface area contributed by atoms with Crippen molar-refractivity contribution in [3.05, 3.63) is 66.5 Å². The van der Waals surface area contributed by atoms with E-state index in [4.69, 9.17) is 4.74 Å². The van der Waals surface area contributed by atoms with Crippen molar-refractivity contribution in [2.75, 3.05) is 17.7 Å². The fourth-order valence-corrected chi connectivity index (χ4v) is 3.80. The third-order valence-electron chi connectivity index (χ3n) is 4.54. The van der Waals surface area contributed by atoms with Gasteiger partial charge < -0.3 is 19.9 Å². The lowest BCUT2D eigenvalue weighted by molar-refractivity contribution is 0.413. The molecule has 0 aliphatic rings. The zero-order valence-corrected chi connectivity index (χ0v) is 17.6. The minimum absolute atomic E-state index is 0.429. The predicted molar refractivity (Wildman–Crippen MR) is 121 cm³/mol. The number of imidazole rings is 1. The van der Waals surface area contributed by atoms with Gasteiger partial charge in [-0.2, -0.15) is 9.97 Å². The number of hydrogen-bond donors (Lipinski definition) is 2. The molecular formula is C21H18N8OS. The second-order valence-corrected chi connectivity index (χ2v) is 7.56. The van der Waals surface area contributed by atoms with Crippen LogP contribution in [0.4, 0.5) is 23.1 Å². The summed E-state index contributed by atoms with van der Waals surface area (Å²) in [5, 5.41) is 6.55. The molecule has 0 saturated carbocycles. The number of ether oxygens (including phenoxy) is 1. The van der Waals surface area contributed by atoms with Gasteiger partial charge in [0, 0.05) is 24.1 Å². The number of aromatic nitrogens is 6. The average Bonchev–Trinajstić information content (AvgIpc) is 3.43. The van der Waals surface area contributed by atoms with Gasteiger partial charge in [0.1, 0.15) is 10.4 Å². The molecule has 1 aromatic carbocycles. The summed E-state index contributed by atoms with van der Waals surface area (Å²) in [5.74, 6) is 1.80. The highest BCUT2D eigenvalue weighted by Gasteiger charge is 2.13. The number of rotatable bonds is 6. The number of thiazole rings is 1. The lowest BCUT2D eigenvalue weighted by Crippen LogP contribution is -2.03. The number of methoxy groups -OCH3 is 1. The van der Waals surface area contributed by atoms with Crippen molar-refractivity contribution < 1.29 is 4.74 Å². The van der Waals surface area contributed by atoms with E-state index in [1.165, 1.54) is 11.3 Å². The quantitative estimate of drug-likeness (QED) is 0.407. The van der Waals surface area contributed by atoms with Crippen LogP contribution in [0.1, 0.15) is 5.69 Å². The first-order valence-electron chi connectivity index (χ1n) is 9.44. The number of anilines is 4. The summed E-state index contributed by atoms with van der Waals surface area (Å²) >= 11 is 1.48. The maximum atomic E-state index is 5.59. The van der Waals surface area contributed by atoms with Crippen molar-refractivity contribution in [2.24, 2.45) is 0 Å². The van der Waals surface area contributed by atoms with E-state index in [0.29, 0.717) is 23.2 Å². The SMILES string of the molecule is COc1cc(Nc2nc(Nc3cccnc3)c3scnc3n2)ccc1-n1cnc(C)c1. The lowest BCUT2D eigenvalue weighted by Gasteiger charge is -2.13. The van der Waals surface area contributed by atoms with Gasteiger partial charge in [0.2, 0.25) is 5.95 Å². The maximum absolute atomic E-state index is 5.59. The highest BCUT2D eigenvalue weighted by molar-refractivity contribution is 7.17. The van der Waals surface area contributed by atoms with Crippen molar-refractivity contribution in [2.45, 2.75) is 6.92 Å². The molecule has 0 amide bonds. The Morgan fingerprint density at radius 2 is 2.00 bits per heavy atom. The van der Waals surface area contributed by atoms with E-state index in [9.17, 15) is 0 Å². The minimum atomic E-state index is 0.429. The molecule has 4 heterocycles. The van der Waals surface area contributed by atoms with Crippen molar-refractivity contribution in [1.29, 1.82) is 0 Å². The summed E-state index contributed by atoms with van der Waals surface area (Å²) in [5.41, 5.74) is 5.82. The summed E-state index contributed by atoms with van der Waals surface area (Å²) in [6, 6.07) is 9.58. The number of pyridine rings is 1. The van der Waals surface area contributed by atoms with Crippen LogP contribution in [-0.4, -0.2) is 36.6 Å². The zero-order valence-electron chi connectivity index (χ0n) is 16.8. The van der Waals surface area contributed by atoms with Crippen molar-refractivity contribution in [3.63, 3.8) is 0 Å². The molecule has 0 saturated heterocycles. The van der Waals surface area contributed by atoms with Crippen LogP contribution in [-0.2, 0) is 0 Å². The first-order chi connectivity index (χ1) is 15.2. The topological polar surface area (TPSA) is 103 Å². The molecule has 9 nitrogen and oxygen atoms in total. The van der Waals surface area contributed by atoms with Gasteiger partial charge in [-0.1, -0.05) is 0 Å². The Morgan fingerprint density at radius 1 is 1.06 bits per heavy atom. The maximum Gasteiger partial charge on any atom is 0.231 e. The van der Waals surface area contributed by atoms with Crippen LogP contribution >= 0.6 is 11.3 Å². The van der Waals surface area contributed by atoms with Crippen LogP contribution < -0.4 is 15.4 Å². The van der Waals surface area contributed by atoms with E-state index < -0.39 is 0 Å². The standard InChI is InChI=1S/C21H18N8OS/c1-13-10-29(11-23-13)16-6-5-14(8-17(16)30-2)26-21-27-19-18(31-12-24-19)20(28-21)25-15-4-3-7-22-9-15/h3-12H,1-2H3,(H2,25,26,27,28). The van der Waals surface area contributed by atoms with E-state index in [-0.39, 0.29) is 0 Å². The molecule has 0 atom stereocenters. The number of aryl methyl sites for hydroxylation is 1. The van der Waals surface area contributed by atoms with Crippen molar-refractivity contribution in [1.82, 2.24) is 29.5 Å². The van der Waals surface area contributed by atoms with Crippen molar-refractivity contribution >= 4 is 44.8 Å². The molecule has 0 aliphatic carbocycles. The van der Waals surface area contributed by atoms with E-state index in [0.717, 1.165) is 27.5 Å². The summed E-state index contributed by atoms with van der Waals surface area (Å²) in [6.45, 7) is 1.95. The van der Waals surface area contributed by atoms with E-state index >= 15 is 0 Å². The van der Waals surface area contributed by atoms with Crippen LogP contribution in [0.15, 0.2) is 60.8 Å². The molecule has 0 unspecified atom stereocenters. The zero-order chi connectivity index (χ0) is 21.2. The van der Waals surface area contributed by atoms with Gasteiger partial charge in [-0.05, 0) is 31.2 Å². The molecule has 0 aliphatic heterocycles. The van der Waals surface area contributed by atoms with Gasteiger partial charge in [-0.3, -0.25) is 4.98 Å². The summed E-state index contributed by atoms with van der Waals surface area (Å²) in [4.78, 5) is 22.0. The molecule has 5 aromatic rings. The van der Waals surface area contributed by atoms with E-state index in [1.807, 2.05) is 48.0 Å². The summed E-state index contributed by atoms with van der Waals surface area (Å²) in [7, 11) is 1.64. The first kappa shape index (κ1) is 18.9. The molecule has 10 heteroatoms. The minimum Gasteiger partial charge on any atom is -0.494 e.